The van der Waals surface area contributed by atoms with Gasteiger partial charge in [-0.15, -0.1) is 0 Å². The summed E-state index contributed by atoms with van der Waals surface area (Å²) in [7, 11) is 1.60. The zero-order valence-electron chi connectivity index (χ0n) is 17.8. The first-order valence-electron chi connectivity index (χ1n) is 10.4. The average molecular weight is 418 g/mol. The summed E-state index contributed by atoms with van der Waals surface area (Å²) in [5, 5.41) is 0. The van der Waals surface area contributed by atoms with E-state index in [1.54, 1.807) is 7.11 Å². The molecule has 1 aliphatic heterocycles. The zero-order valence-corrected chi connectivity index (χ0v) is 17.8. The number of ether oxygens (including phenoxy) is 2. The summed E-state index contributed by atoms with van der Waals surface area (Å²) in [5.74, 6) is 2.62. The number of para-hydroxylation sites is 2. The zero-order chi connectivity index (χ0) is 21.6. The summed E-state index contributed by atoms with van der Waals surface area (Å²) in [4.78, 5) is 25.6. The number of carbonyl (C=O) groups excluding carboxylic acids is 1. The van der Waals surface area contributed by atoms with Crippen LogP contribution in [0.4, 0.5) is 5.82 Å². The van der Waals surface area contributed by atoms with Crippen LogP contribution < -0.4 is 14.4 Å². The Balaban J connectivity index is 1.41. The number of rotatable bonds is 6. The van der Waals surface area contributed by atoms with Gasteiger partial charge in [-0.25, -0.2) is 9.97 Å². The second-order valence-electron chi connectivity index (χ2n) is 7.51. The standard InChI is InChI=1S/C24H26N4O3/c1-18-16-27(12-13-28(18)24(29)14-19-8-4-3-5-9-19)22-15-23(26-17-25-22)31-21-11-7-6-10-20(21)30-2/h3-11,15,17-18H,12-14,16H2,1-2H3. The third kappa shape index (κ3) is 4.94. The molecule has 1 aliphatic rings. The maximum Gasteiger partial charge on any atom is 0.227 e. The Bertz CT molecular complexity index is 1030. The van der Waals surface area contributed by atoms with Crippen molar-refractivity contribution in [3.8, 4) is 17.4 Å². The molecular weight excluding hydrogens is 392 g/mol. The van der Waals surface area contributed by atoms with Gasteiger partial charge in [0.25, 0.3) is 0 Å². The van der Waals surface area contributed by atoms with Crippen molar-refractivity contribution in [1.82, 2.24) is 14.9 Å². The van der Waals surface area contributed by atoms with E-state index < -0.39 is 0 Å². The first-order chi connectivity index (χ1) is 15.1. The largest absolute Gasteiger partial charge is 0.493 e. The van der Waals surface area contributed by atoms with Crippen LogP contribution >= 0.6 is 0 Å². The lowest BCUT2D eigenvalue weighted by Gasteiger charge is -2.40. The average Bonchev–Trinajstić information content (AvgIpc) is 2.80. The first-order valence-corrected chi connectivity index (χ1v) is 10.4. The van der Waals surface area contributed by atoms with Gasteiger partial charge in [0.2, 0.25) is 11.8 Å². The second-order valence-corrected chi connectivity index (χ2v) is 7.51. The Hall–Kier alpha value is -3.61. The lowest BCUT2D eigenvalue weighted by Crippen LogP contribution is -2.54. The van der Waals surface area contributed by atoms with Gasteiger partial charge in [-0.3, -0.25) is 4.79 Å². The van der Waals surface area contributed by atoms with Crippen molar-refractivity contribution in [3.05, 3.63) is 72.6 Å². The first kappa shape index (κ1) is 20.7. The number of amides is 1. The summed E-state index contributed by atoms with van der Waals surface area (Å²) in [6.45, 7) is 4.13. The summed E-state index contributed by atoms with van der Waals surface area (Å²) in [5.41, 5.74) is 1.04. The number of anilines is 1. The van der Waals surface area contributed by atoms with Gasteiger partial charge < -0.3 is 19.3 Å². The minimum Gasteiger partial charge on any atom is -0.493 e. The molecule has 4 rings (SSSR count). The van der Waals surface area contributed by atoms with Crippen LogP contribution in [-0.2, 0) is 11.2 Å². The lowest BCUT2D eigenvalue weighted by atomic mass is 10.1. The van der Waals surface area contributed by atoms with Crippen molar-refractivity contribution in [2.75, 3.05) is 31.6 Å². The van der Waals surface area contributed by atoms with Crippen molar-refractivity contribution in [2.24, 2.45) is 0 Å². The van der Waals surface area contributed by atoms with Gasteiger partial charge in [0.1, 0.15) is 12.1 Å². The highest BCUT2D eigenvalue weighted by Gasteiger charge is 2.28. The van der Waals surface area contributed by atoms with E-state index in [2.05, 4.69) is 21.8 Å². The lowest BCUT2D eigenvalue weighted by molar-refractivity contribution is -0.132. The van der Waals surface area contributed by atoms with Crippen molar-refractivity contribution in [3.63, 3.8) is 0 Å². The van der Waals surface area contributed by atoms with Gasteiger partial charge >= 0.3 is 0 Å². The predicted molar refractivity (Wildman–Crippen MR) is 119 cm³/mol. The molecular formula is C24H26N4O3. The summed E-state index contributed by atoms with van der Waals surface area (Å²) in [6.07, 6.45) is 1.92. The molecule has 2 aromatic carbocycles. The molecule has 0 radical (unpaired) electrons. The highest BCUT2D eigenvalue weighted by Crippen LogP contribution is 2.31. The fourth-order valence-electron chi connectivity index (χ4n) is 3.78. The Morgan fingerprint density at radius 1 is 1.03 bits per heavy atom. The number of hydrogen-bond acceptors (Lipinski definition) is 6. The topological polar surface area (TPSA) is 67.8 Å². The monoisotopic (exact) mass is 418 g/mol. The van der Waals surface area contributed by atoms with Crippen LogP contribution in [0.2, 0.25) is 0 Å². The fourth-order valence-corrected chi connectivity index (χ4v) is 3.78. The molecule has 7 heteroatoms. The van der Waals surface area contributed by atoms with Crippen LogP contribution in [0.3, 0.4) is 0 Å². The van der Waals surface area contributed by atoms with E-state index in [4.69, 9.17) is 9.47 Å². The van der Waals surface area contributed by atoms with Gasteiger partial charge in [-0.05, 0) is 24.6 Å². The van der Waals surface area contributed by atoms with E-state index in [1.807, 2.05) is 65.6 Å². The highest BCUT2D eigenvalue weighted by molar-refractivity contribution is 5.79. The van der Waals surface area contributed by atoms with E-state index >= 15 is 0 Å². The number of nitrogens with zero attached hydrogens (tertiary/aromatic N) is 4. The normalized spacial score (nSPS) is 16.1. The molecule has 0 bridgehead atoms. The van der Waals surface area contributed by atoms with Gasteiger partial charge in [0.15, 0.2) is 11.5 Å². The molecule has 160 valence electrons. The second kappa shape index (κ2) is 9.47. The van der Waals surface area contributed by atoms with Crippen LogP contribution in [0.25, 0.3) is 0 Å². The number of benzene rings is 2. The molecule has 1 amide bonds. The molecule has 1 aromatic heterocycles. The van der Waals surface area contributed by atoms with E-state index in [-0.39, 0.29) is 11.9 Å². The molecule has 2 heterocycles. The molecule has 31 heavy (non-hydrogen) atoms. The van der Waals surface area contributed by atoms with Crippen LogP contribution in [0.15, 0.2) is 67.0 Å². The molecule has 7 nitrogen and oxygen atoms in total. The maximum absolute atomic E-state index is 12.8. The SMILES string of the molecule is COc1ccccc1Oc1cc(N2CCN(C(=O)Cc3ccccc3)C(C)C2)ncn1. The van der Waals surface area contributed by atoms with Crippen molar-refractivity contribution in [2.45, 2.75) is 19.4 Å². The van der Waals surface area contributed by atoms with Crippen molar-refractivity contribution < 1.29 is 14.3 Å². The maximum atomic E-state index is 12.8. The molecule has 0 aliphatic carbocycles. The highest BCUT2D eigenvalue weighted by atomic mass is 16.5. The molecule has 0 spiro atoms. The summed E-state index contributed by atoms with van der Waals surface area (Å²) >= 11 is 0. The Labute approximate surface area is 182 Å². The molecule has 0 N–H and O–H groups in total. The van der Waals surface area contributed by atoms with Gasteiger partial charge in [-0.2, -0.15) is 0 Å². The summed E-state index contributed by atoms with van der Waals surface area (Å²) < 4.78 is 11.3. The predicted octanol–water partition coefficient (Wildman–Crippen LogP) is 3.56. The number of aromatic nitrogens is 2. The van der Waals surface area contributed by atoms with E-state index in [0.29, 0.717) is 43.4 Å². The molecule has 1 atom stereocenters. The molecule has 1 unspecified atom stereocenters. The third-order valence-electron chi connectivity index (χ3n) is 5.38. The Kier molecular flexibility index (Phi) is 6.31. The van der Waals surface area contributed by atoms with Gasteiger partial charge in [0.05, 0.1) is 13.5 Å². The van der Waals surface area contributed by atoms with Gasteiger partial charge in [-0.1, -0.05) is 42.5 Å². The van der Waals surface area contributed by atoms with Crippen molar-refractivity contribution in [1.29, 1.82) is 0 Å². The fraction of sp³-hybridized carbons (Fsp3) is 0.292. The minimum absolute atomic E-state index is 0.0820. The number of methoxy groups -OCH3 is 1. The van der Waals surface area contributed by atoms with Crippen LogP contribution in [0.1, 0.15) is 12.5 Å². The van der Waals surface area contributed by atoms with E-state index in [1.165, 1.54) is 6.33 Å². The smallest absolute Gasteiger partial charge is 0.227 e. The number of piperazine rings is 1. The number of carbonyl (C=O) groups is 1. The van der Waals surface area contributed by atoms with Crippen molar-refractivity contribution >= 4 is 11.7 Å². The van der Waals surface area contributed by atoms with Gasteiger partial charge in [0, 0.05) is 31.7 Å². The summed E-state index contributed by atoms with van der Waals surface area (Å²) in [6, 6.07) is 19.2. The van der Waals surface area contributed by atoms with Crippen LogP contribution in [-0.4, -0.2) is 53.6 Å². The molecule has 0 saturated carbocycles. The Morgan fingerprint density at radius 2 is 1.77 bits per heavy atom. The van der Waals surface area contributed by atoms with E-state index in [0.717, 1.165) is 11.4 Å². The third-order valence-corrected chi connectivity index (χ3v) is 5.38. The quantitative estimate of drug-likeness (QED) is 0.610. The van der Waals surface area contributed by atoms with E-state index in [9.17, 15) is 4.79 Å². The molecule has 1 fully saturated rings. The van der Waals surface area contributed by atoms with Crippen LogP contribution in [0.5, 0.6) is 17.4 Å². The number of hydrogen-bond donors (Lipinski definition) is 0. The Morgan fingerprint density at radius 3 is 2.52 bits per heavy atom. The molecule has 1 saturated heterocycles. The van der Waals surface area contributed by atoms with Crippen LogP contribution in [0, 0.1) is 0 Å². The minimum atomic E-state index is 0.0820. The molecule has 3 aromatic rings.